The maximum Gasteiger partial charge on any atom is 0.389 e. The number of aryl methyl sites for hydroxylation is 2. The lowest BCUT2D eigenvalue weighted by molar-refractivity contribution is -0.136. The molecule has 0 bridgehead atoms. The Bertz CT molecular complexity index is 1240. The summed E-state index contributed by atoms with van der Waals surface area (Å²) in [6.45, 7) is 2.91. The normalized spacial score (nSPS) is 16.9. The Balaban J connectivity index is 1.53. The zero-order valence-corrected chi connectivity index (χ0v) is 21.0. The molecule has 0 saturated carbocycles. The van der Waals surface area contributed by atoms with Crippen molar-refractivity contribution in [1.82, 2.24) is 14.7 Å². The Morgan fingerprint density at radius 1 is 1.19 bits per heavy atom. The van der Waals surface area contributed by atoms with Crippen LogP contribution in [0.5, 0.6) is 0 Å². The number of aldehydes is 1. The molecule has 37 heavy (non-hydrogen) atoms. The minimum absolute atomic E-state index is 0.128. The number of rotatable bonds is 8. The number of carbonyl (C=O) groups is 2. The number of aromatic nitrogens is 2. The van der Waals surface area contributed by atoms with Crippen molar-refractivity contribution in [2.75, 3.05) is 18.4 Å². The molecule has 9 heteroatoms. The third-order valence-corrected chi connectivity index (χ3v) is 6.89. The fraction of sp³-hybridized carbons (Fsp3) is 0.393. The first-order chi connectivity index (χ1) is 17.6. The van der Waals surface area contributed by atoms with Crippen LogP contribution in [0.1, 0.15) is 53.2 Å². The van der Waals surface area contributed by atoms with E-state index in [-0.39, 0.29) is 18.2 Å². The molecule has 1 aliphatic rings. The molecule has 0 radical (unpaired) electrons. The van der Waals surface area contributed by atoms with Crippen LogP contribution in [-0.2, 0) is 11.8 Å². The van der Waals surface area contributed by atoms with Crippen LogP contribution in [0.4, 0.5) is 18.9 Å². The summed E-state index contributed by atoms with van der Waals surface area (Å²) in [7, 11) is 1.84. The molecule has 2 aromatic carbocycles. The van der Waals surface area contributed by atoms with Gasteiger partial charge in [-0.25, -0.2) is 0 Å². The number of hydrogen-bond acceptors (Lipinski definition) is 4. The van der Waals surface area contributed by atoms with Crippen LogP contribution in [0.25, 0.3) is 11.3 Å². The van der Waals surface area contributed by atoms with Gasteiger partial charge in [-0.15, -0.1) is 0 Å². The highest BCUT2D eigenvalue weighted by atomic mass is 19.4. The molecule has 3 aromatic rings. The van der Waals surface area contributed by atoms with Crippen molar-refractivity contribution in [3.63, 3.8) is 0 Å². The number of carbonyl (C=O) groups excluding carboxylic acids is 2. The number of nitrogens with one attached hydrogen (secondary N) is 1. The van der Waals surface area contributed by atoms with E-state index in [1.54, 1.807) is 40.0 Å². The SMILES string of the molecule is Cc1cc(-c2ccnn2C)ccc1C(CCC(F)(F)F)Nc1ccc(C(=O)N2CCC[C@@H](C=O)C2)cc1. The fourth-order valence-corrected chi connectivity index (χ4v) is 4.89. The Kier molecular flexibility index (Phi) is 8.00. The smallest absolute Gasteiger partial charge is 0.378 e. The topological polar surface area (TPSA) is 67.2 Å². The molecule has 1 aliphatic heterocycles. The molecule has 2 heterocycles. The molecule has 0 spiro atoms. The van der Waals surface area contributed by atoms with Crippen molar-refractivity contribution in [2.45, 2.75) is 44.8 Å². The van der Waals surface area contributed by atoms with Gasteiger partial charge >= 0.3 is 6.18 Å². The van der Waals surface area contributed by atoms with Crippen LogP contribution in [0, 0.1) is 12.8 Å². The summed E-state index contributed by atoms with van der Waals surface area (Å²) in [5, 5.41) is 7.43. The van der Waals surface area contributed by atoms with Gasteiger partial charge in [0.05, 0.1) is 11.7 Å². The predicted molar refractivity (Wildman–Crippen MR) is 136 cm³/mol. The lowest BCUT2D eigenvalue weighted by Gasteiger charge is -2.30. The van der Waals surface area contributed by atoms with Crippen LogP contribution in [-0.4, -0.2) is 46.1 Å². The molecular formula is C28H31F3N4O2. The molecular weight excluding hydrogens is 481 g/mol. The molecule has 1 aromatic heterocycles. The number of amides is 1. The van der Waals surface area contributed by atoms with E-state index >= 15 is 0 Å². The molecule has 0 aliphatic carbocycles. The van der Waals surface area contributed by atoms with Gasteiger partial charge in [-0.2, -0.15) is 18.3 Å². The number of piperidine rings is 1. The van der Waals surface area contributed by atoms with Gasteiger partial charge < -0.3 is 15.0 Å². The zero-order chi connectivity index (χ0) is 26.6. The Hall–Kier alpha value is -3.62. The second-order valence-electron chi connectivity index (χ2n) is 9.63. The average molecular weight is 513 g/mol. The second-order valence-corrected chi connectivity index (χ2v) is 9.63. The van der Waals surface area contributed by atoms with Crippen molar-refractivity contribution in [2.24, 2.45) is 13.0 Å². The van der Waals surface area contributed by atoms with Crippen LogP contribution in [0.3, 0.4) is 0 Å². The van der Waals surface area contributed by atoms with Gasteiger partial charge in [-0.3, -0.25) is 9.48 Å². The van der Waals surface area contributed by atoms with Crippen molar-refractivity contribution in [3.8, 4) is 11.3 Å². The van der Waals surface area contributed by atoms with Gasteiger partial charge in [0.2, 0.25) is 0 Å². The first kappa shape index (κ1) is 26.4. The second kappa shape index (κ2) is 11.2. The molecule has 4 rings (SSSR count). The monoisotopic (exact) mass is 512 g/mol. The van der Waals surface area contributed by atoms with E-state index in [4.69, 9.17) is 0 Å². The molecule has 1 saturated heterocycles. The van der Waals surface area contributed by atoms with E-state index in [1.807, 2.05) is 38.2 Å². The van der Waals surface area contributed by atoms with E-state index in [0.717, 1.165) is 41.5 Å². The van der Waals surface area contributed by atoms with E-state index in [0.29, 0.717) is 24.3 Å². The predicted octanol–water partition coefficient (Wildman–Crippen LogP) is 5.94. The summed E-state index contributed by atoms with van der Waals surface area (Å²) in [6, 6.07) is 13.8. The zero-order valence-electron chi connectivity index (χ0n) is 21.0. The minimum Gasteiger partial charge on any atom is -0.378 e. The van der Waals surface area contributed by atoms with Gasteiger partial charge in [-0.1, -0.05) is 12.1 Å². The fourth-order valence-electron chi connectivity index (χ4n) is 4.89. The number of hydrogen-bond donors (Lipinski definition) is 1. The van der Waals surface area contributed by atoms with Crippen molar-refractivity contribution >= 4 is 17.9 Å². The van der Waals surface area contributed by atoms with Crippen LogP contribution in [0.15, 0.2) is 54.7 Å². The number of alkyl halides is 3. The largest absolute Gasteiger partial charge is 0.389 e. The number of benzene rings is 2. The lowest BCUT2D eigenvalue weighted by Crippen LogP contribution is -2.40. The van der Waals surface area contributed by atoms with E-state index in [2.05, 4.69) is 10.4 Å². The molecule has 1 fully saturated rings. The molecule has 1 unspecified atom stereocenters. The maximum atomic E-state index is 13.1. The van der Waals surface area contributed by atoms with Crippen molar-refractivity contribution in [1.29, 1.82) is 0 Å². The Labute approximate surface area is 214 Å². The van der Waals surface area contributed by atoms with E-state index in [1.165, 1.54) is 0 Å². The van der Waals surface area contributed by atoms with Crippen molar-refractivity contribution < 1.29 is 22.8 Å². The van der Waals surface area contributed by atoms with Crippen LogP contribution < -0.4 is 5.32 Å². The third kappa shape index (κ3) is 6.58. The van der Waals surface area contributed by atoms with E-state index < -0.39 is 18.6 Å². The van der Waals surface area contributed by atoms with Gasteiger partial charge in [0.15, 0.2) is 0 Å². The number of halogens is 3. The Morgan fingerprint density at radius 3 is 2.57 bits per heavy atom. The minimum atomic E-state index is -4.27. The summed E-state index contributed by atoms with van der Waals surface area (Å²) in [4.78, 5) is 25.7. The van der Waals surface area contributed by atoms with Gasteiger partial charge in [0.25, 0.3) is 5.91 Å². The van der Waals surface area contributed by atoms with Gasteiger partial charge in [-0.05, 0) is 73.7 Å². The first-order valence-corrected chi connectivity index (χ1v) is 12.4. The molecule has 6 nitrogen and oxygen atoms in total. The van der Waals surface area contributed by atoms with Crippen molar-refractivity contribution in [3.05, 3.63) is 71.4 Å². The highest BCUT2D eigenvalue weighted by Crippen LogP contribution is 2.33. The molecule has 1 amide bonds. The number of likely N-dealkylation sites (tertiary alicyclic amines) is 1. The van der Waals surface area contributed by atoms with E-state index in [9.17, 15) is 22.8 Å². The summed E-state index contributed by atoms with van der Waals surface area (Å²) >= 11 is 0. The van der Waals surface area contributed by atoms with Gasteiger partial charge in [0.1, 0.15) is 6.29 Å². The van der Waals surface area contributed by atoms with Gasteiger partial charge in [0, 0.05) is 55.5 Å². The number of nitrogens with zero attached hydrogens (tertiary/aromatic N) is 3. The Morgan fingerprint density at radius 2 is 1.95 bits per heavy atom. The quantitative estimate of drug-likeness (QED) is 0.379. The lowest BCUT2D eigenvalue weighted by atomic mass is 9.94. The molecule has 196 valence electrons. The van der Waals surface area contributed by atoms with Crippen LogP contribution in [0.2, 0.25) is 0 Å². The molecule has 1 N–H and O–H groups in total. The summed E-state index contributed by atoms with van der Waals surface area (Å²) in [5.74, 6) is -0.283. The summed E-state index contributed by atoms with van der Waals surface area (Å²) in [5.41, 5.74) is 4.63. The average Bonchev–Trinajstić information content (AvgIpc) is 3.32. The summed E-state index contributed by atoms with van der Waals surface area (Å²) < 4.78 is 41.2. The highest BCUT2D eigenvalue weighted by molar-refractivity contribution is 5.94. The first-order valence-electron chi connectivity index (χ1n) is 12.4. The maximum absolute atomic E-state index is 13.1. The number of anilines is 1. The van der Waals surface area contributed by atoms with Crippen LogP contribution >= 0.6 is 0 Å². The molecule has 2 atom stereocenters. The summed E-state index contributed by atoms with van der Waals surface area (Å²) in [6.07, 6.45) is -1.14. The standard InChI is InChI=1S/C28H31F3N4O2/c1-19-16-22(26-12-14-32-34(26)2)7-10-24(19)25(11-13-28(29,30)31)33-23-8-5-21(6-9-23)27(37)35-15-3-4-20(17-35)18-36/h5-10,12,14,16,18,20,25,33H,3-4,11,13,15,17H2,1-2H3/t20-,25?/m1/s1. The third-order valence-electron chi connectivity index (χ3n) is 6.89. The highest BCUT2D eigenvalue weighted by Gasteiger charge is 2.29.